The van der Waals surface area contributed by atoms with Crippen molar-refractivity contribution in [2.45, 2.75) is 36.6 Å². The monoisotopic (exact) mass is 516 g/mol. The van der Waals surface area contributed by atoms with Crippen LogP contribution in [0.4, 0.5) is 0 Å². The number of amides is 4. The number of carbonyl (C=O) groups excluding carboxylic acids is 4. The maximum atomic E-state index is 13.0. The number of benzene rings is 1. The first-order valence-corrected chi connectivity index (χ1v) is 11.7. The Bertz CT molecular complexity index is 801. The summed E-state index contributed by atoms with van der Waals surface area (Å²) in [5.74, 6) is -1.14. The van der Waals surface area contributed by atoms with Crippen LogP contribution in [0.2, 0.25) is 0 Å². The van der Waals surface area contributed by atoms with E-state index in [1.807, 2.05) is 6.07 Å². The molecule has 2 aliphatic rings. The highest BCUT2D eigenvalue weighted by Gasteiger charge is 2.45. The second-order valence-corrected chi connectivity index (χ2v) is 8.70. The van der Waals surface area contributed by atoms with Crippen LogP contribution in [0.25, 0.3) is 0 Å². The number of carbonyl (C=O) groups is 4. The molecular weight excluding hydrogens is 495 g/mol. The summed E-state index contributed by atoms with van der Waals surface area (Å²) in [5, 5.41) is 2.21. The highest BCUT2D eigenvalue weighted by Crippen LogP contribution is 2.34. The van der Waals surface area contributed by atoms with Crippen molar-refractivity contribution < 1.29 is 23.9 Å². The molecule has 0 radical (unpaired) electrons. The summed E-state index contributed by atoms with van der Waals surface area (Å²) >= 11 is 3.82. The summed E-state index contributed by atoms with van der Waals surface area (Å²) in [7, 11) is 0. The average Bonchev–Trinajstić information content (AvgIpc) is 2.93. The minimum Gasteiger partial charge on any atom is -0.381 e. The Hall–Kier alpha value is -1.46. The van der Waals surface area contributed by atoms with E-state index in [9.17, 15) is 19.2 Å². The quantitative estimate of drug-likeness (QED) is 0.178. The molecule has 4 amide bonds. The molecule has 0 saturated carbocycles. The van der Waals surface area contributed by atoms with E-state index in [4.69, 9.17) is 4.74 Å². The number of thioether (sulfide) groups is 1. The van der Waals surface area contributed by atoms with Gasteiger partial charge in [-0.2, -0.15) is 0 Å². The van der Waals surface area contributed by atoms with Crippen LogP contribution in [0.1, 0.15) is 46.4 Å². The van der Waals surface area contributed by atoms with Gasteiger partial charge < -0.3 is 4.74 Å². The van der Waals surface area contributed by atoms with Gasteiger partial charge in [0.2, 0.25) is 11.8 Å². The largest absolute Gasteiger partial charge is 0.381 e. The Balaban J connectivity index is 1.66. The predicted molar refractivity (Wildman–Crippen MR) is 113 cm³/mol. The molecule has 3 rings (SSSR count). The number of piperidine rings is 1. The summed E-state index contributed by atoms with van der Waals surface area (Å²) < 4.78 is 6.61. The summed E-state index contributed by atoms with van der Waals surface area (Å²) in [6.07, 6.45) is 2.15. The number of rotatable bonds is 9. The fourth-order valence-corrected chi connectivity index (χ4v) is 4.52. The number of alkyl halides is 1. The Morgan fingerprint density at radius 1 is 1.14 bits per heavy atom. The van der Waals surface area contributed by atoms with E-state index in [1.165, 1.54) is 11.8 Å². The summed E-state index contributed by atoms with van der Waals surface area (Å²) in [6.45, 7) is 1.41. The molecular formula is C19H21IN2O5S. The van der Waals surface area contributed by atoms with Crippen molar-refractivity contribution in [3.05, 3.63) is 29.3 Å². The van der Waals surface area contributed by atoms with Crippen molar-refractivity contribution in [3.8, 4) is 0 Å². The van der Waals surface area contributed by atoms with E-state index in [0.717, 1.165) is 39.4 Å². The molecule has 0 bridgehead atoms. The van der Waals surface area contributed by atoms with E-state index >= 15 is 0 Å². The molecule has 2 aliphatic heterocycles. The number of imide groups is 2. The summed E-state index contributed by atoms with van der Waals surface area (Å²) in [4.78, 5) is 51.0. The van der Waals surface area contributed by atoms with Crippen molar-refractivity contribution in [1.82, 2.24) is 10.2 Å². The van der Waals surface area contributed by atoms with Crippen molar-refractivity contribution >= 4 is 58.0 Å². The highest BCUT2D eigenvalue weighted by atomic mass is 127. The van der Waals surface area contributed by atoms with Crippen LogP contribution in [-0.2, 0) is 14.3 Å². The van der Waals surface area contributed by atoms with Crippen LogP contribution in [-0.4, -0.2) is 58.0 Å². The number of ether oxygens (including phenoxy) is 1. The minimum atomic E-state index is -0.936. The SMILES string of the molecule is O=C1CCC(N2C(=O)c3cccc(SCCCOCCCI)c3C2=O)C(=O)N1. The minimum absolute atomic E-state index is 0.114. The van der Waals surface area contributed by atoms with Crippen molar-refractivity contribution in [1.29, 1.82) is 0 Å². The van der Waals surface area contributed by atoms with Gasteiger partial charge in [-0.25, -0.2) is 0 Å². The van der Waals surface area contributed by atoms with E-state index in [2.05, 4.69) is 27.9 Å². The second kappa shape index (κ2) is 9.84. The molecule has 2 heterocycles. The van der Waals surface area contributed by atoms with Crippen LogP contribution in [0.5, 0.6) is 0 Å². The number of hydrogen-bond acceptors (Lipinski definition) is 6. The molecule has 1 fully saturated rings. The van der Waals surface area contributed by atoms with Crippen LogP contribution in [0, 0.1) is 0 Å². The number of hydrogen-bond donors (Lipinski definition) is 1. The molecule has 9 heteroatoms. The van der Waals surface area contributed by atoms with Crippen LogP contribution in [0.3, 0.4) is 0 Å². The molecule has 1 saturated heterocycles. The molecule has 0 spiro atoms. The van der Waals surface area contributed by atoms with Crippen molar-refractivity contribution in [3.63, 3.8) is 0 Å². The van der Waals surface area contributed by atoms with Gasteiger partial charge in [0.05, 0.1) is 11.1 Å². The zero-order valence-electron chi connectivity index (χ0n) is 15.2. The van der Waals surface area contributed by atoms with Gasteiger partial charge in [-0.15, -0.1) is 11.8 Å². The maximum Gasteiger partial charge on any atom is 0.263 e. The lowest BCUT2D eigenvalue weighted by Gasteiger charge is -2.27. The second-order valence-electron chi connectivity index (χ2n) is 6.48. The van der Waals surface area contributed by atoms with Gasteiger partial charge in [-0.05, 0) is 31.4 Å². The third-order valence-corrected chi connectivity index (χ3v) is 6.45. The standard InChI is InChI=1S/C19H21IN2O5S/c20-8-2-9-27-10-3-11-28-14-5-1-4-12-16(14)19(26)22(18(12)25)13-6-7-15(23)21-17(13)24/h1,4-5,13H,2-3,6-11H2,(H,21,23,24). The Labute approximate surface area is 181 Å². The maximum absolute atomic E-state index is 13.0. The fourth-order valence-electron chi connectivity index (χ4n) is 3.21. The first-order chi connectivity index (χ1) is 13.5. The lowest BCUT2D eigenvalue weighted by atomic mass is 10.0. The third-order valence-electron chi connectivity index (χ3n) is 4.54. The van der Waals surface area contributed by atoms with Crippen LogP contribution >= 0.6 is 34.4 Å². The summed E-state index contributed by atoms with van der Waals surface area (Å²) in [5.41, 5.74) is 0.672. The Morgan fingerprint density at radius 2 is 1.93 bits per heavy atom. The van der Waals surface area contributed by atoms with Gasteiger partial charge in [0, 0.05) is 34.7 Å². The van der Waals surface area contributed by atoms with Crippen LogP contribution < -0.4 is 5.32 Å². The van der Waals surface area contributed by atoms with E-state index in [1.54, 1.807) is 12.1 Å². The smallest absolute Gasteiger partial charge is 0.263 e. The highest BCUT2D eigenvalue weighted by molar-refractivity contribution is 14.1. The third kappa shape index (κ3) is 4.57. The molecule has 0 aromatic heterocycles. The zero-order valence-corrected chi connectivity index (χ0v) is 18.2. The number of halogens is 1. The normalized spacial score (nSPS) is 19.2. The van der Waals surface area contributed by atoms with Gasteiger partial charge in [-0.1, -0.05) is 28.7 Å². The topological polar surface area (TPSA) is 92.8 Å². The molecule has 1 aromatic carbocycles. The number of nitrogens with zero attached hydrogens (tertiary/aromatic N) is 1. The van der Waals surface area contributed by atoms with Gasteiger partial charge in [0.1, 0.15) is 6.04 Å². The van der Waals surface area contributed by atoms with Gasteiger partial charge in [0.25, 0.3) is 11.8 Å². The molecule has 0 aliphatic carbocycles. The molecule has 28 heavy (non-hydrogen) atoms. The first kappa shape index (κ1) is 21.3. The van der Waals surface area contributed by atoms with E-state index < -0.39 is 23.8 Å². The Kier molecular flexibility index (Phi) is 7.47. The summed E-state index contributed by atoms with van der Waals surface area (Å²) in [6, 6.07) is 4.24. The molecule has 1 aromatic rings. The van der Waals surface area contributed by atoms with Gasteiger partial charge >= 0.3 is 0 Å². The van der Waals surface area contributed by atoms with Crippen molar-refractivity contribution in [2.24, 2.45) is 0 Å². The van der Waals surface area contributed by atoms with E-state index in [0.29, 0.717) is 17.7 Å². The molecule has 1 atom stereocenters. The van der Waals surface area contributed by atoms with Crippen LogP contribution in [0.15, 0.2) is 23.1 Å². The fraction of sp³-hybridized carbons (Fsp3) is 0.474. The average molecular weight is 516 g/mol. The molecule has 1 unspecified atom stereocenters. The molecule has 1 N–H and O–H groups in total. The Morgan fingerprint density at radius 3 is 2.68 bits per heavy atom. The molecule has 150 valence electrons. The predicted octanol–water partition coefficient (Wildman–Crippen LogP) is 2.41. The number of fused-ring (bicyclic) bond motifs is 1. The first-order valence-electron chi connectivity index (χ1n) is 9.15. The van der Waals surface area contributed by atoms with Gasteiger partial charge in [0.15, 0.2) is 0 Å². The van der Waals surface area contributed by atoms with Gasteiger partial charge in [-0.3, -0.25) is 29.4 Å². The lowest BCUT2D eigenvalue weighted by molar-refractivity contribution is -0.136. The zero-order chi connectivity index (χ0) is 20.1. The lowest BCUT2D eigenvalue weighted by Crippen LogP contribution is -2.54. The van der Waals surface area contributed by atoms with Crippen molar-refractivity contribution in [2.75, 3.05) is 23.4 Å². The molecule has 7 nitrogen and oxygen atoms in total. The van der Waals surface area contributed by atoms with E-state index in [-0.39, 0.29) is 18.7 Å². The number of nitrogens with one attached hydrogen (secondary N) is 1.